The van der Waals surface area contributed by atoms with Crippen molar-refractivity contribution in [1.29, 1.82) is 0 Å². The molecule has 1 saturated heterocycles. The molecular weight excluding hydrogens is 200 g/mol. The van der Waals surface area contributed by atoms with Gasteiger partial charge in [0.2, 0.25) is 0 Å². The summed E-state index contributed by atoms with van der Waals surface area (Å²) in [4.78, 5) is 2.56. The zero-order chi connectivity index (χ0) is 11.5. The van der Waals surface area contributed by atoms with Crippen molar-refractivity contribution in [3.63, 3.8) is 0 Å². The predicted octanol–water partition coefficient (Wildman–Crippen LogP) is 1.22. The average Bonchev–Trinajstić information content (AvgIpc) is 2.27. The molecule has 2 unspecified atom stereocenters. The predicted molar refractivity (Wildman–Crippen MR) is 66.5 cm³/mol. The molecule has 2 rings (SSSR count). The molecular formula is C13H26N2O. The summed E-state index contributed by atoms with van der Waals surface area (Å²) in [5.74, 6) is 0.798. The SMILES string of the molecule is CCN1CCCC(C(C)NC2CC(O)C2)C1. The van der Waals surface area contributed by atoms with Crippen molar-refractivity contribution >= 4 is 0 Å². The average molecular weight is 226 g/mol. The molecule has 1 heterocycles. The monoisotopic (exact) mass is 226 g/mol. The summed E-state index contributed by atoms with van der Waals surface area (Å²) in [6.45, 7) is 8.28. The quantitative estimate of drug-likeness (QED) is 0.756. The number of nitrogens with zero attached hydrogens (tertiary/aromatic N) is 1. The molecule has 0 radical (unpaired) electrons. The van der Waals surface area contributed by atoms with Crippen molar-refractivity contribution in [3.8, 4) is 0 Å². The lowest BCUT2D eigenvalue weighted by Crippen LogP contribution is -2.52. The van der Waals surface area contributed by atoms with Crippen molar-refractivity contribution in [2.75, 3.05) is 19.6 Å². The lowest BCUT2D eigenvalue weighted by atomic mass is 9.86. The molecule has 3 nitrogen and oxygen atoms in total. The first kappa shape index (κ1) is 12.3. The van der Waals surface area contributed by atoms with Crippen LogP contribution < -0.4 is 5.32 Å². The third-order valence-electron chi connectivity index (χ3n) is 4.31. The van der Waals surface area contributed by atoms with E-state index in [1.54, 1.807) is 0 Å². The van der Waals surface area contributed by atoms with Gasteiger partial charge in [0.1, 0.15) is 0 Å². The highest BCUT2D eigenvalue weighted by Gasteiger charge is 2.31. The first-order valence-corrected chi connectivity index (χ1v) is 6.85. The largest absolute Gasteiger partial charge is 0.393 e. The number of nitrogens with one attached hydrogen (secondary N) is 1. The molecule has 0 spiro atoms. The van der Waals surface area contributed by atoms with Crippen LogP contribution in [0.15, 0.2) is 0 Å². The Hall–Kier alpha value is -0.120. The van der Waals surface area contributed by atoms with Crippen LogP contribution in [0.25, 0.3) is 0 Å². The Morgan fingerprint density at radius 3 is 2.81 bits per heavy atom. The van der Waals surface area contributed by atoms with Crippen molar-refractivity contribution in [2.45, 2.75) is 57.7 Å². The van der Waals surface area contributed by atoms with E-state index in [2.05, 4.69) is 24.1 Å². The molecule has 3 heteroatoms. The van der Waals surface area contributed by atoms with Gasteiger partial charge in [0.25, 0.3) is 0 Å². The van der Waals surface area contributed by atoms with Crippen molar-refractivity contribution in [1.82, 2.24) is 10.2 Å². The van der Waals surface area contributed by atoms with Gasteiger partial charge in [-0.1, -0.05) is 6.92 Å². The van der Waals surface area contributed by atoms with Gasteiger partial charge in [0.15, 0.2) is 0 Å². The number of aliphatic hydroxyl groups is 1. The minimum Gasteiger partial charge on any atom is -0.393 e. The molecule has 94 valence electrons. The second kappa shape index (κ2) is 5.48. The zero-order valence-corrected chi connectivity index (χ0v) is 10.7. The van der Waals surface area contributed by atoms with Gasteiger partial charge in [0, 0.05) is 18.6 Å². The van der Waals surface area contributed by atoms with Crippen LogP contribution in [0.1, 0.15) is 39.5 Å². The molecule has 2 N–H and O–H groups in total. The van der Waals surface area contributed by atoms with Crippen molar-refractivity contribution < 1.29 is 5.11 Å². The number of piperidine rings is 1. The molecule has 0 amide bonds. The van der Waals surface area contributed by atoms with Crippen LogP contribution >= 0.6 is 0 Å². The maximum atomic E-state index is 9.27. The Morgan fingerprint density at radius 2 is 2.19 bits per heavy atom. The van der Waals surface area contributed by atoms with Crippen LogP contribution in [-0.2, 0) is 0 Å². The molecule has 1 aliphatic carbocycles. The van der Waals surface area contributed by atoms with E-state index in [9.17, 15) is 5.11 Å². The molecule has 0 bridgehead atoms. The maximum absolute atomic E-state index is 9.27. The van der Waals surface area contributed by atoms with Gasteiger partial charge in [-0.25, -0.2) is 0 Å². The summed E-state index contributed by atoms with van der Waals surface area (Å²) in [5, 5.41) is 12.9. The van der Waals surface area contributed by atoms with Gasteiger partial charge in [-0.15, -0.1) is 0 Å². The molecule has 2 aliphatic rings. The van der Waals surface area contributed by atoms with Crippen LogP contribution in [-0.4, -0.2) is 47.8 Å². The molecule has 0 aromatic heterocycles. The van der Waals surface area contributed by atoms with E-state index in [0.29, 0.717) is 12.1 Å². The molecule has 1 saturated carbocycles. The van der Waals surface area contributed by atoms with E-state index in [0.717, 1.165) is 18.8 Å². The fourth-order valence-electron chi connectivity index (χ4n) is 3.02. The van der Waals surface area contributed by atoms with E-state index in [-0.39, 0.29) is 6.10 Å². The lowest BCUT2D eigenvalue weighted by Gasteiger charge is -2.40. The standard InChI is InChI=1S/C13H26N2O/c1-3-15-6-4-5-11(9-15)10(2)14-12-7-13(16)8-12/h10-14,16H,3-9H2,1-2H3. The van der Waals surface area contributed by atoms with Gasteiger partial charge >= 0.3 is 0 Å². The Bertz CT molecular complexity index is 216. The molecule has 1 aliphatic heterocycles. The van der Waals surface area contributed by atoms with E-state index in [1.165, 1.54) is 32.5 Å². The molecule has 2 atom stereocenters. The summed E-state index contributed by atoms with van der Waals surface area (Å²) in [5.41, 5.74) is 0. The van der Waals surface area contributed by atoms with Crippen LogP contribution in [0.2, 0.25) is 0 Å². The third-order valence-corrected chi connectivity index (χ3v) is 4.31. The Morgan fingerprint density at radius 1 is 1.44 bits per heavy atom. The highest BCUT2D eigenvalue weighted by Crippen LogP contribution is 2.24. The molecule has 16 heavy (non-hydrogen) atoms. The summed E-state index contributed by atoms with van der Waals surface area (Å²) >= 11 is 0. The Labute approximate surface area is 99.2 Å². The summed E-state index contributed by atoms with van der Waals surface area (Å²) in [6.07, 6.45) is 4.57. The lowest BCUT2D eigenvalue weighted by molar-refractivity contribution is 0.0502. The summed E-state index contributed by atoms with van der Waals surface area (Å²) < 4.78 is 0. The molecule has 2 fully saturated rings. The molecule has 0 aromatic carbocycles. The minimum absolute atomic E-state index is 0.0387. The van der Waals surface area contributed by atoms with Gasteiger partial charge in [-0.05, 0) is 51.6 Å². The number of likely N-dealkylation sites (tertiary alicyclic amines) is 1. The first-order valence-electron chi connectivity index (χ1n) is 6.85. The number of aliphatic hydroxyl groups excluding tert-OH is 1. The van der Waals surface area contributed by atoms with E-state index in [4.69, 9.17) is 0 Å². The van der Waals surface area contributed by atoms with Gasteiger partial charge < -0.3 is 15.3 Å². The van der Waals surface area contributed by atoms with Gasteiger partial charge in [-0.2, -0.15) is 0 Å². The number of hydrogen-bond acceptors (Lipinski definition) is 3. The second-order valence-electron chi connectivity index (χ2n) is 5.57. The Balaban J connectivity index is 1.73. The van der Waals surface area contributed by atoms with E-state index in [1.807, 2.05) is 0 Å². The highest BCUT2D eigenvalue weighted by molar-refractivity contribution is 4.89. The minimum atomic E-state index is -0.0387. The number of hydrogen-bond donors (Lipinski definition) is 2. The Kier molecular flexibility index (Phi) is 4.22. The topological polar surface area (TPSA) is 35.5 Å². The third kappa shape index (κ3) is 2.96. The zero-order valence-electron chi connectivity index (χ0n) is 10.7. The molecule has 0 aromatic rings. The van der Waals surface area contributed by atoms with E-state index < -0.39 is 0 Å². The normalized spacial score (nSPS) is 38.1. The van der Waals surface area contributed by atoms with E-state index >= 15 is 0 Å². The van der Waals surface area contributed by atoms with Crippen LogP contribution in [0, 0.1) is 5.92 Å². The van der Waals surface area contributed by atoms with Crippen LogP contribution in [0.4, 0.5) is 0 Å². The smallest absolute Gasteiger partial charge is 0.0570 e. The van der Waals surface area contributed by atoms with Crippen LogP contribution in [0.5, 0.6) is 0 Å². The fraction of sp³-hybridized carbons (Fsp3) is 1.00. The summed E-state index contributed by atoms with van der Waals surface area (Å²) in [6, 6.07) is 1.17. The van der Waals surface area contributed by atoms with Crippen molar-refractivity contribution in [2.24, 2.45) is 5.92 Å². The fourth-order valence-corrected chi connectivity index (χ4v) is 3.02. The number of rotatable bonds is 4. The van der Waals surface area contributed by atoms with Crippen molar-refractivity contribution in [3.05, 3.63) is 0 Å². The van der Waals surface area contributed by atoms with Gasteiger partial charge in [-0.3, -0.25) is 0 Å². The van der Waals surface area contributed by atoms with Crippen LogP contribution in [0.3, 0.4) is 0 Å². The second-order valence-corrected chi connectivity index (χ2v) is 5.57. The highest BCUT2D eigenvalue weighted by atomic mass is 16.3. The first-order chi connectivity index (χ1) is 7.69. The maximum Gasteiger partial charge on any atom is 0.0570 e. The summed E-state index contributed by atoms with van der Waals surface area (Å²) in [7, 11) is 0. The van der Waals surface area contributed by atoms with Gasteiger partial charge in [0.05, 0.1) is 6.10 Å².